The molecule has 11 nitrogen and oxygen atoms in total. The number of aromatic nitrogens is 5. The lowest BCUT2D eigenvalue weighted by Gasteiger charge is -2.06. The standard InChI is InChI=1S/C21H20N8O3S/c1-13-5-7-16(8-6-13)33-12-17-18(24-28-29(17)20-19(22)26-32-27-20)21(30)25-23-11-14(2)10-15-4-3-9-31-15/h3-11H,12H2,1-2H3,(H2,22,26)(H,25,30)/b14-10+,23-11+. The maximum absolute atomic E-state index is 12.8. The van der Waals surface area contributed by atoms with Crippen LogP contribution in [0.15, 0.2) is 67.3 Å². The summed E-state index contributed by atoms with van der Waals surface area (Å²) in [6, 6.07) is 11.6. The van der Waals surface area contributed by atoms with Crippen molar-refractivity contribution in [3.63, 3.8) is 0 Å². The molecular formula is C21H20N8O3S. The van der Waals surface area contributed by atoms with Gasteiger partial charge in [-0.1, -0.05) is 22.9 Å². The van der Waals surface area contributed by atoms with E-state index >= 15 is 0 Å². The highest BCUT2D eigenvalue weighted by atomic mass is 32.2. The van der Waals surface area contributed by atoms with Gasteiger partial charge in [-0.2, -0.15) is 9.78 Å². The summed E-state index contributed by atoms with van der Waals surface area (Å²) in [5.74, 6) is 0.707. The van der Waals surface area contributed by atoms with E-state index < -0.39 is 5.91 Å². The SMILES string of the molecule is CC(/C=N/NC(=O)c1nnn(-c2nonc2N)c1CSc1ccc(C)cc1)=C\c1ccco1. The second kappa shape index (κ2) is 9.96. The highest BCUT2D eigenvalue weighted by molar-refractivity contribution is 7.98. The number of anilines is 1. The van der Waals surface area contributed by atoms with E-state index in [1.165, 1.54) is 22.7 Å². The number of allylic oxidation sites excluding steroid dienone is 1. The Morgan fingerprint density at radius 3 is 2.79 bits per heavy atom. The van der Waals surface area contributed by atoms with E-state index in [2.05, 4.69) is 35.8 Å². The summed E-state index contributed by atoms with van der Waals surface area (Å²) in [7, 11) is 0. The first-order valence-corrected chi connectivity index (χ1v) is 10.8. The summed E-state index contributed by atoms with van der Waals surface area (Å²) >= 11 is 1.51. The topological polar surface area (TPSA) is 150 Å². The number of nitrogen functional groups attached to an aromatic ring is 1. The number of nitrogens with two attached hydrogens (primary N) is 1. The average Bonchev–Trinajstić information content (AvgIpc) is 3.54. The normalized spacial score (nSPS) is 11.9. The minimum Gasteiger partial charge on any atom is -0.465 e. The van der Waals surface area contributed by atoms with Crippen LogP contribution in [0.2, 0.25) is 0 Å². The fourth-order valence-electron chi connectivity index (χ4n) is 2.78. The number of carbonyl (C=O) groups excluding carboxylic acids is 1. The maximum atomic E-state index is 12.8. The van der Waals surface area contributed by atoms with Gasteiger partial charge in [-0.15, -0.1) is 16.9 Å². The van der Waals surface area contributed by atoms with Gasteiger partial charge in [0.05, 0.1) is 18.2 Å². The number of nitrogens with zero attached hydrogens (tertiary/aromatic N) is 6. The molecule has 0 spiro atoms. The number of thioether (sulfide) groups is 1. The Bertz CT molecular complexity index is 1290. The molecule has 0 atom stereocenters. The summed E-state index contributed by atoms with van der Waals surface area (Å²) in [4.78, 5) is 13.8. The molecule has 4 rings (SSSR count). The van der Waals surface area contributed by atoms with Crippen LogP contribution in [0, 0.1) is 6.92 Å². The number of rotatable bonds is 8. The molecule has 33 heavy (non-hydrogen) atoms. The molecule has 3 N–H and O–H groups in total. The van der Waals surface area contributed by atoms with Crippen LogP contribution in [0.5, 0.6) is 0 Å². The molecule has 0 aliphatic heterocycles. The largest absolute Gasteiger partial charge is 0.465 e. The molecule has 0 radical (unpaired) electrons. The molecule has 168 valence electrons. The van der Waals surface area contributed by atoms with E-state index in [4.69, 9.17) is 10.2 Å². The number of carbonyl (C=O) groups is 1. The summed E-state index contributed by atoms with van der Waals surface area (Å²) in [5, 5.41) is 19.4. The summed E-state index contributed by atoms with van der Waals surface area (Å²) < 4.78 is 11.3. The minimum atomic E-state index is -0.530. The fraction of sp³-hybridized carbons (Fsp3) is 0.143. The van der Waals surface area contributed by atoms with Crippen molar-refractivity contribution in [1.29, 1.82) is 0 Å². The third-order valence-corrected chi connectivity index (χ3v) is 5.44. The third kappa shape index (κ3) is 5.36. The van der Waals surface area contributed by atoms with Gasteiger partial charge >= 0.3 is 0 Å². The molecule has 0 aliphatic carbocycles. The number of hydrogen-bond donors (Lipinski definition) is 2. The summed E-state index contributed by atoms with van der Waals surface area (Å²) in [5.41, 5.74) is 10.8. The smallest absolute Gasteiger partial charge is 0.293 e. The highest BCUT2D eigenvalue weighted by Gasteiger charge is 2.24. The second-order valence-electron chi connectivity index (χ2n) is 6.97. The third-order valence-electron chi connectivity index (χ3n) is 4.42. The number of hydrazone groups is 1. The van der Waals surface area contributed by atoms with E-state index in [-0.39, 0.29) is 17.3 Å². The molecule has 3 aromatic heterocycles. The highest BCUT2D eigenvalue weighted by Crippen LogP contribution is 2.26. The number of benzene rings is 1. The molecule has 0 aliphatic rings. The predicted molar refractivity (Wildman–Crippen MR) is 123 cm³/mol. The minimum absolute atomic E-state index is 0.0325. The van der Waals surface area contributed by atoms with Crippen molar-refractivity contribution in [3.05, 3.63) is 70.9 Å². The van der Waals surface area contributed by atoms with Gasteiger partial charge in [0.25, 0.3) is 5.91 Å². The Kier molecular flexibility index (Phi) is 6.64. The Labute approximate surface area is 192 Å². The maximum Gasteiger partial charge on any atom is 0.293 e. The van der Waals surface area contributed by atoms with Gasteiger partial charge in [0, 0.05) is 10.6 Å². The molecule has 0 bridgehead atoms. The van der Waals surface area contributed by atoms with Gasteiger partial charge in [0.1, 0.15) is 5.76 Å². The first kappa shape index (κ1) is 22.0. The number of nitrogens with one attached hydrogen (secondary N) is 1. The number of amides is 1. The van der Waals surface area contributed by atoms with Crippen molar-refractivity contribution in [2.45, 2.75) is 24.5 Å². The molecule has 12 heteroatoms. The molecule has 0 saturated heterocycles. The van der Waals surface area contributed by atoms with E-state index in [1.54, 1.807) is 18.4 Å². The first-order valence-electron chi connectivity index (χ1n) is 9.79. The van der Waals surface area contributed by atoms with Crippen LogP contribution < -0.4 is 11.2 Å². The average molecular weight is 465 g/mol. The fourth-order valence-corrected chi connectivity index (χ4v) is 3.67. The zero-order valence-corrected chi connectivity index (χ0v) is 18.6. The van der Waals surface area contributed by atoms with Gasteiger partial charge in [-0.3, -0.25) is 4.79 Å². The monoisotopic (exact) mass is 464 g/mol. The molecule has 1 aromatic carbocycles. The van der Waals surface area contributed by atoms with E-state index in [9.17, 15) is 4.79 Å². The van der Waals surface area contributed by atoms with E-state index in [0.29, 0.717) is 17.2 Å². The Balaban J connectivity index is 1.54. The lowest BCUT2D eigenvalue weighted by atomic mass is 10.2. The van der Waals surface area contributed by atoms with Crippen LogP contribution in [0.4, 0.5) is 5.82 Å². The van der Waals surface area contributed by atoms with Crippen molar-refractivity contribution in [3.8, 4) is 5.82 Å². The summed E-state index contributed by atoms with van der Waals surface area (Å²) in [6.45, 7) is 3.85. The number of furan rings is 1. The van der Waals surface area contributed by atoms with Crippen LogP contribution in [-0.2, 0) is 5.75 Å². The predicted octanol–water partition coefficient (Wildman–Crippen LogP) is 3.25. The van der Waals surface area contributed by atoms with Crippen LogP contribution in [0.1, 0.15) is 34.4 Å². The number of hydrogen-bond acceptors (Lipinski definition) is 10. The van der Waals surface area contributed by atoms with Gasteiger partial charge < -0.3 is 10.2 Å². The van der Waals surface area contributed by atoms with Crippen molar-refractivity contribution in [1.82, 2.24) is 30.7 Å². The molecule has 4 aromatic rings. The van der Waals surface area contributed by atoms with Gasteiger partial charge in [0.2, 0.25) is 11.6 Å². The zero-order chi connectivity index (χ0) is 23.2. The molecule has 0 saturated carbocycles. The first-order chi connectivity index (χ1) is 16.0. The van der Waals surface area contributed by atoms with E-state index in [0.717, 1.165) is 16.0 Å². The second-order valence-corrected chi connectivity index (χ2v) is 8.02. The Hall–Kier alpha value is -4.19. The van der Waals surface area contributed by atoms with Gasteiger partial charge in [-0.05, 0) is 60.1 Å². The quantitative estimate of drug-likeness (QED) is 0.227. The van der Waals surface area contributed by atoms with Crippen molar-refractivity contribution in [2.24, 2.45) is 5.10 Å². The molecule has 0 fully saturated rings. The molecule has 1 amide bonds. The van der Waals surface area contributed by atoms with Crippen LogP contribution in [0.25, 0.3) is 11.9 Å². The van der Waals surface area contributed by atoms with Crippen LogP contribution >= 0.6 is 11.8 Å². The number of aryl methyl sites for hydroxylation is 1. The molecular weight excluding hydrogens is 444 g/mol. The Morgan fingerprint density at radius 1 is 1.27 bits per heavy atom. The van der Waals surface area contributed by atoms with Crippen molar-refractivity contribution < 1.29 is 13.8 Å². The van der Waals surface area contributed by atoms with Crippen molar-refractivity contribution >= 4 is 35.8 Å². The lowest BCUT2D eigenvalue weighted by molar-refractivity contribution is 0.0949. The van der Waals surface area contributed by atoms with E-state index in [1.807, 2.05) is 44.2 Å². The van der Waals surface area contributed by atoms with Gasteiger partial charge in [0.15, 0.2) is 5.69 Å². The summed E-state index contributed by atoms with van der Waals surface area (Å²) in [6.07, 6.45) is 4.87. The lowest BCUT2D eigenvalue weighted by Crippen LogP contribution is -2.20. The van der Waals surface area contributed by atoms with Crippen LogP contribution in [-0.4, -0.2) is 37.4 Å². The van der Waals surface area contributed by atoms with Crippen LogP contribution in [0.3, 0.4) is 0 Å². The molecule has 0 unspecified atom stereocenters. The Morgan fingerprint density at radius 2 is 2.09 bits per heavy atom. The van der Waals surface area contributed by atoms with Gasteiger partial charge in [-0.25, -0.2) is 10.1 Å². The molecule has 3 heterocycles. The van der Waals surface area contributed by atoms with Crippen molar-refractivity contribution in [2.75, 3.05) is 5.73 Å². The zero-order valence-electron chi connectivity index (χ0n) is 17.8.